The SMILES string of the molecule is CC(C)CCC1CCCN(c2ccc(N3CCCC(c4ccc(O)cc4)CC3)cc2)C1=O. The zero-order chi connectivity index (χ0) is 22.5. The minimum Gasteiger partial charge on any atom is -0.508 e. The maximum absolute atomic E-state index is 13.1. The summed E-state index contributed by atoms with van der Waals surface area (Å²) < 4.78 is 0. The maximum Gasteiger partial charge on any atom is 0.230 e. The van der Waals surface area contributed by atoms with Crippen LogP contribution in [0.5, 0.6) is 5.75 Å². The first-order valence-electron chi connectivity index (χ1n) is 12.5. The summed E-state index contributed by atoms with van der Waals surface area (Å²) in [7, 11) is 0. The van der Waals surface area contributed by atoms with E-state index in [-0.39, 0.29) is 5.92 Å². The smallest absolute Gasteiger partial charge is 0.230 e. The topological polar surface area (TPSA) is 43.8 Å². The number of hydrogen-bond acceptors (Lipinski definition) is 3. The molecule has 2 aromatic rings. The Morgan fingerprint density at radius 2 is 1.56 bits per heavy atom. The zero-order valence-electron chi connectivity index (χ0n) is 19.7. The van der Waals surface area contributed by atoms with Crippen LogP contribution in [0.2, 0.25) is 0 Å². The summed E-state index contributed by atoms with van der Waals surface area (Å²) >= 11 is 0. The third kappa shape index (κ3) is 5.46. The molecule has 2 aliphatic heterocycles. The molecule has 0 spiro atoms. The number of carbonyl (C=O) groups excluding carboxylic acids is 1. The van der Waals surface area contributed by atoms with Gasteiger partial charge in [0.2, 0.25) is 5.91 Å². The number of amides is 1. The number of nitrogens with zero attached hydrogens (tertiary/aromatic N) is 2. The monoisotopic (exact) mass is 434 g/mol. The van der Waals surface area contributed by atoms with Gasteiger partial charge >= 0.3 is 0 Å². The third-order valence-corrected chi connectivity index (χ3v) is 7.26. The Labute approximate surface area is 193 Å². The summed E-state index contributed by atoms with van der Waals surface area (Å²) in [6, 6.07) is 16.4. The first kappa shape index (κ1) is 22.7. The number of phenols is 1. The van der Waals surface area contributed by atoms with Crippen LogP contribution in [0.4, 0.5) is 11.4 Å². The molecule has 2 heterocycles. The van der Waals surface area contributed by atoms with Crippen molar-refractivity contribution in [3.05, 3.63) is 54.1 Å². The van der Waals surface area contributed by atoms with Crippen molar-refractivity contribution in [2.24, 2.45) is 11.8 Å². The van der Waals surface area contributed by atoms with E-state index >= 15 is 0 Å². The van der Waals surface area contributed by atoms with Gasteiger partial charge in [-0.15, -0.1) is 0 Å². The van der Waals surface area contributed by atoms with Gasteiger partial charge in [0.1, 0.15) is 5.75 Å². The van der Waals surface area contributed by atoms with Gasteiger partial charge in [-0.2, -0.15) is 0 Å². The van der Waals surface area contributed by atoms with E-state index in [0.717, 1.165) is 63.8 Å². The quantitative estimate of drug-likeness (QED) is 0.576. The number of aromatic hydroxyl groups is 1. The van der Waals surface area contributed by atoms with Crippen LogP contribution < -0.4 is 9.80 Å². The molecule has 4 heteroatoms. The van der Waals surface area contributed by atoms with Crippen molar-refractivity contribution in [3.63, 3.8) is 0 Å². The maximum atomic E-state index is 13.1. The molecule has 1 N–H and O–H groups in total. The number of rotatable bonds is 6. The van der Waals surface area contributed by atoms with Gasteiger partial charge in [-0.3, -0.25) is 4.79 Å². The molecular formula is C28H38N2O2. The summed E-state index contributed by atoms with van der Waals surface area (Å²) in [4.78, 5) is 17.6. The van der Waals surface area contributed by atoms with Crippen LogP contribution in [0.1, 0.15) is 70.3 Å². The molecule has 2 unspecified atom stereocenters. The van der Waals surface area contributed by atoms with Crippen molar-refractivity contribution < 1.29 is 9.90 Å². The predicted octanol–water partition coefficient (Wildman–Crippen LogP) is 6.35. The minimum atomic E-state index is 0.188. The summed E-state index contributed by atoms with van der Waals surface area (Å²) in [5, 5.41) is 9.56. The molecule has 4 rings (SSSR count). The molecule has 0 aromatic heterocycles. The van der Waals surface area contributed by atoms with E-state index in [1.165, 1.54) is 17.7 Å². The average Bonchev–Trinajstić information content (AvgIpc) is 3.05. The lowest BCUT2D eigenvalue weighted by molar-refractivity contribution is -0.124. The normalized spacial score (nSPS) is 22.3. The van der Waals surface area contributed by atoms with Crippen LogP contribution in [0.3, 0.4) is 0 Å². The highest BCUT2D eigenvalue weighted by molar-refractivity contribution is 5.95. The molecular weight excluding hydrogens is 396 g/mol. The van der Waals surface area contributed by atoms with Gasteiger partial charge in [-0.25, -0.2) is 0 Å². The lowest BCUT2D eigenvalue weighted by atomic mass is 9.89. The standard InChI is InChI=1S/C28H38N2O2/c1-21(2)7-8-24-6-4-19-30(28(24)32)26-13-11-25(12-14-26)29-18-3-5-22(17-20-29)23-9-15-27(31)16-10-23/h9-16,21-22,24,31H,3-8,17-20H2,1-2H3. The molecule has 0 bridgehead atoms. The Hall–Kier alpha value is -2.49. The van der Waals surface area contributed by atoms with E-state index in [1.807, 2.05) is 4.90 Å². The molecule has 2 aliphatic rings. The van der Waals surface area contributed by atoms with Gasteiger partial charge in [0.15, 0.2) is 0 Å². The van der Waals surface area contributed by atoms with Crippen LogP contribution in [0.25, 0.3) is 0 Å². The molecule has 4 nitrogen and oxygen atoms in total. The number of anilines is 2. The van der Waals surface area contributed by atoms with Gasteiger partial charge in [0.25, 0.3) is 0 Å². The van der Waals surface area contributed by atoms with Gasteiger partial charge in [0.05, 0.1) is 0 Å². The molecule has 32 heavy (non-hydrogen) atoms. The van der Waals surface area contributed by atoms with Crippen LogP contribution >= 0.6 is 0 Å². The van der Waals surface area contributed by atoms with E-state index in [2.05, 4.69) is 55.1 Å². The molecule has 2 aromatic carbocycles. The molecule has 0 saturated carbocycles. The van der Waals surface area contributed by atoms with E-state index in [0.29, 0.717) is 23.5 Å². The molecule has 2 saturated heterocycles. The van der Waals surface area contributed by atoms with Crippen molar-refractivity contribution in [1.29, 1.82) is 0 Å². The van der Waals surface area contributed by atoms with Crippen LogP contribution in [-0.2, 0) is 4.79 Å². The summed E-state index contributed by atoms with van der Waals surface area (Å²) in [6.45, 7) is 7.41. The van der Waals surface area contributed by atoms with E-state index in [9.17, 15) is 9.90 Å². The van der Waals surface area contributed by atoms with Crippen molar-refractivity contribution in [3.8, 4) is 5.75 Å². The number of phenolic OH excluding ortho intramolecular Hbond substituents is 1. The Morgan fingerprint density at radius 1 is 0.875 bits per heavy atom. The fourth-order valence-electron chi connectivity index (χ4n) is 5.29. The first-order chi connectivity index (χ1) is 15.5. The highest BCUT2D eigenvalue weighted by atomic mass is 16.3. The Bertz CT molecular complexity index is 875. The largest absolute Gasteiger partial charge is 0.508 e. The fourth-order valence-corrected chi connectivity index (χ4v) is 5.29. The van der Waals surface area contributed by atoms with Crippen molar-refractivity contribution in [2.45, 2.75) is 64.7 Å². The van der Waals surface area contributed by atoms with Gasteiger partial charge in [0, 0.05) is 36.9 Å². The van der Waals surface area contributed by atoms with Gasteiger partial charge in [-0.1, -0.05) is 32.4 Å². The van der Waals surface area contributed by atoms with Crippen LogP contribution in [0.15, 0.2) is 48.5 Å². The number of hydrogen-bond donors (Lipinski definition) is 1. The van der Waals surface area contributed by atoms with Gasteiger partial charge in [-0.05, 0) is 92.3 Å². The van der Waals surface area contributed by atoms with E-state index < -0.39 is 0 Å². The van der Waals surface area contributed by atoms with Crippen molar-refractivity contribution >= 4 is 17.3 Å². The number of piperidine rings is 1. The second-order valence-corrected chi connectivity index (χ2v) is 10.0. The van der Waals surface area contributed by atoms with Crippen molar-refractivity contribution in [2.75, 3.05) is 29.4 Å². The highest BCUT2D eigenvalue weighted by Crippen LogP contribution is 2.33. The molecule has 172 valence electrons. The lowest BCUT2D eigenvalue weighted by Crippen LogP contribution is -2.41. The summed E-state index contributed by atoms with van der Waals surface area (Å²) in [5.74, 6) is 2.04. The number of benzene rings is 2. The first-order valence-corrected chi connectivity index (χ1v) is 12.5. The molecule has 1 amide bonds. The molecule has 2 fully saturated rings. The Balaban J connectivity index is 1.38. The second kappa shape index (κ2) is 10.4. The van der Waals surface area contributed by atoms with E-state index in [4.69, 9.17) is 0 Å². The third-order valence-electron chi connectivity index (χ3n) is 7.26. The fraction of sp³-hybridized carbons (Fsp3) is 0.536. The lowest BCUT2D eigenvalue weighted by Gasteiger charge is -2.33. The van der Waals surface area contributed by atoms with Crippen LogP contribution in [0, 0.1) is 11.8 Å². The molecule has 2 atom stereocenters. The number of carbonyl (C=O) groups is 1. The van der Waals surface area contributed by atoms with Crippen molar-refractivity contribution in [1.82, 2.24) is 0 Å². The molecule has 0 aliphatic carbocycles. The summed E-state index contributed by atoms with van der Waals surface area (Å²) in [5.41, 5.74) is 3.63. The second-order valence-electron chi connectivity index (χ2n) is 10.0. The Morgan fingerprint density at radius 3 is 2.28 bits per heavy atom. The average molecular weight is 435 g/mol. The Kier molecular flexibility index (Phi) is 7.39. The van der Waals surface area contributed by atoms with Gasteiger partial charge < -0.3 is 14.9 Å². The molecule has 0 radical (unpaired) electrons. The van der Waals surface area contributed by atoms with E-state index in [1.54, 1.807) is 12.1 Å². The predicted molar refractivity (Wildman–Crippen MR) is 133 cm³/mol. The highest BCUT2D eigenvalue weighted by Gasteiger charge is 2.29. The minimum absolute atomic E-state index is 0.188. The summed E-state index contributed by atoms with van der Waals surface area (Å²) in [6.07, 6.45) is 7.74. The zero-order valence-corrected chi connectivity index (χ0v) is 19.7. The van der Waals surface area contributed by atoms with Crippen LogP contribution in [-0.4, -0.2) is 30.6 Å².